The van der Waals surface area contributed by atoms with Gasteiger partial charge in [-0.1, -0.05) is 12.1 Å². The maximum atomic E-state index is 13.2. The summed E-state index contributed by atoms with van der Waals surface area (Å²) in [6.07, 6.45) is 6.40. The number of amides is 1. The minimum absolute atomic E-state index is 0.000319. The van der Waals surface area contributed by atoms with Crippen LogP contribution in [0.1, 0.15) is 28.4 Å². The van der Waals surface area contributed by atoms with Crippen LogP contribution in [0, 0.1) is 5.92 Å². The summed E-state index contributed by atoms with van der Waals surface area (Å²) in [4.78, 5) is 36.5. The Morgan fingerprint density at radius 1 is 1.17 bits per heavy atom. The molecule has 1 amide bonds. The molecule has 0 aliphatic carbocycles. The maximum Gasteiger partial charge on any atom is 0.261 e. The Morgan fingerprint density at radius 2 is 2.03 bits per heavy atom. The summed E-state index contributed by atoms with van der Waals surface area (Å²) < 4.78 is 1.90. The van der Waals surface area contributed by atoms with Crippen LogP contribution in [-0.2, 0) is 6.54 Å². The lowest BCUT2D eigenvalue weighted by molar-refractivity contribution is 0.0591. The summed E-state index contributed by atoms with van der Waals surface area (Å²) in [7, 11) is 0. The molecule has 0 saturated carbocycles. The molecule has 29 heavy (non-hydrogen) atoms. The Hall–Kier alpha value is -2.80. The van der Waals surface area contributed by atoms with Gasteiger partial charge in [-0.3, -0.25) is 9.59 Å². The predicted octanol–water partition coefficient (Wildman–Crippen LogP) is 3.22. The van der Waals surface area contributed by atoms with Gasteiger partial charge in [-0.15, -0.1) is 11.8 Å². The van der Waals surface area contributed by atoms with Crippen LogP contribution in [0.4, 0.5) is 0 Å². The molecule has 6 nitrogen and oxygen atoms in total. The van der Waals surface area contributed by atoms with Crippen LogP contribution in [0.15, 0.2) is 58.5 Å². The average Bonchev–Trinajstić information content (AvgIpc) is 3.28. The highest BCUT2D eigenvalue weighted by Gasteiger charge is 2.37. The van der Waals surface area contributed by atoms with Gasteiger partial charge in [0.15, 0.2) is 0 Å². The maximum absolute atomic E-state index is 13.2. The van der Waals surface area contributed by atoms with Crippen molar-refractivity contribution in [3.63, 3.8) is 0 Å². The molecule has 2 atom stereocenters. The van der Waals surface area contributed by atoms with Gasteiger partial charge < -0.3 is 14.5 Å². The number of fused-ring (bicyclic) bond motifs is 4. The van der Waals surface area contributed by atoms with Crippen LogP contribution in [0.2, 0.25) is 0 Å². The molecule has 2 aromatic heterocycles. The van der Waals surface area contributed by atoms with Crippen molar-refractivity contribution >= 4 is 17.7 Å². The molecule has 0 radical (unpaired) electrons. The number of hydrogen-bond acceptors (Lipinski definition) is 4. The Balaban J connectivity index is 1.46. The van der Waals surface area contributed by atoms with Gasteiger partial charge in [0, 0.05) is 48.5 Å². The summed E-state index contributed by atoms with van der Waals surface area (Å²) in [5, 5.41) is 0. The number of carbonyl (C=O) groups is 1. The molecule has 4 heterocycles. The third-order valence-corrected chi connectivity index (χ3v) is 6.78. The Morgan fingerprint density at radius 3 is 2.83 bits per heavy atom. The third-order valence-electron chi connectivity index (χ3n) is 5.98. The normalized spacial score (nSPS) is 20.4. The monoisotopic (exact) mass is 406 g/mol. The van der Waals surface area contributed by atoms with Gasteiger partial charge in [0.05, 0.1) is 11.1 Å². The van der Waals surface area contributed by atoms with Gasteiger partial charge in [0.25, 0.3) is 11.5 Å². The number of pyridine rings is 1. The van der Waals surface area contributed by atoms with E-state index in [9.17, 15) is 9.59 Å². The quantitative estimate of drug-likeness (QED) is 0.678. The van der Waals surface area contributed by atoms with Gasteiger partial charge in [-0.25, -0.2) is 4.98 Å². The lowest BCUT2D eigenvalue weighted by Crippen LogP contribution is -2.49. The molecule has 0 unspecified atom stereocenters. The highest BCUT2D eigenvalue weighted by molar-refractivity contribution is 7.98. The molecule has 5 rings (SSSR count). The molecule has 1 aromatic carbocycles. The Bertz CT molecular complexity index is 1120. The number of aromatic nitrogens is 3. The molecule has 2 aliphatic rings. The first-order valence-electron chi connectivity index (χ1n) is 9.81. The number of imidazole rings is 1. The van der Waals surface area contributed by atoms with Crippen LogP contribution in [-0.4, -0.2) is 44.7 Å². The summed E-state index contributed by atoms with van der Waals surface area (Å²) in [5.74, 6) is 1.17. The van der Waals surface area contributed by atoms with Gasteiger partial charge in [0.2, 0.25) is 0 Å². The van der Waals surface area contributed by atoms with Crippen LogP contribution in [0.5, 0.6) is 0 Å². The molecule has 1 fully saturated rings. The number of likely N-dealkylation sites (tertiary alicyclic amines) is 1. The van der Waals surface area contributed by atoms with Crippen LogP contribution < -0.4 is 5.56 Å². The number of aromatic amines is 1. The standard InChI is InChI=1S/C22H22N4O2S/c1-29-19-5-3-2-4-16(19)21(27)25-11-14-10-15(13-25)18-7-6-17(20-23-8-9-24-20)22(28)26(18)12-14/h2-9,14-15H,10-13H2,1H3,(H,23,24)/t14-,15+/m0/s1. The first-order valence-corrected chi connectivity index (χ1v) is 11.0. The number of piperidine rings is 1. The van der Waals surface area contributed by atoms with Crippen molar-refractivity contribution < 1.29 is 4.79 Å². The number of nitrogens with zero attached hydrogens (tertiary/aromatic N) is 3. The van der Waals surface area contributed by atoms with E-state index >= 15 is 0 Å². The van der Waals surface area contributed by atoms with E-state index in [1.165, 1.54) is 0 Å². The molecule has 2 aliphatic heterocycles. The molecule has 0 spiro atoms. The summed E-state index contributed by atoms with van der Waals surface area (Å²) in [5.41, 5.74) is 2.39. The van der Waals surface area contributed by atoms with E-state index in [0.29, 0.717) is 31.0 Å². The van der Waals surface area contributed by atoms with Gasteiger partial charge in [-0.2, -0.15) is 0 Å². The number of thioether (sulfide) groups is 1. The second-order valence-electron chi connectivity index (χ2n) is 7.73. The zero-order valence-corrected chi connectivity index (χ0v) is 17.0. The smallest absolute Gasteiger partial charge is 0.261 e. The van der Waals surface area contributed by atoms with Gasteiger partial charge in [0.1, 0.15) is 5.82 Å². The SMILES string of the molecule is CSc1ccccc1C(=O)N1C[C@@H]2C[C@H](C1)c1ccc(-c3ncc[nH]3)c(=O)n1C2. The Kier molecular flexibility index (Phi) is 4.54. The summed E-state index contributed by atoms with van der Waals surface area (Å²) in [6, 6.07) is 11.7. The van der Waals surface area contributed by atoms with Crippen LogP contribution >= 0.6 is 11.8 Å². The fourth-order valence-electron chi connectivity index (χ4n) is 4.70. The summed E-state index contributed by atoms with van der Waals surface area (Å²) >= 11 is 1.60. The number of hydrogen-bond donors (Lipinski definition) is 1. The topological polar surface area (TPSA) is 71.0 Å². The number of H-pyrrole nitrogens is 1. The Labute approximate surface area is 173 Å². The molecular formula is C22H22N4O2S. The second-order valence-corrected chi connectivity index (χ2v) is 8.58. The molecule has 148 valence electrons. The largest absolute Gasteiger partial charge is 0.344 e. The van der Waals surface area contributed by atoms with Crippen molar-refractivity contribution in [2.24, 2.45) is 5.92 Å². The zero-order valence-electron chi connectivity index (χ0n) is 16.2. The first kappa shape index (κ1) is 18.2. The van der Waals surface area contributed by atoms with Crippen molar-refractivity contribution in [1.29, 1.82) is 0 Å². The number of carbonyl (C=O) groups excluding carboxylic acids is 1. The lowest BCUT2D eigenvalue weighted by Gasteiger charge is -2.43. The third kappa shape index (κ3) is 3.09. The zero-order chi connectivity index (χ0) is 20.0. The number of benzene rings is 1. The second kappa shape index (κ2) is 7.22. The van der Waals surface area contributed by atoms with Crippen molar-refractivity contribution in [3.05, 3.63) is 70.4 Å². The highest BCUT2D eigenvalue weighted by atomic mass is 32.2. The highest BCUT2D eigenvalue weighted by Crippen LogP contribution is 2.36. The molecule has 1 saturated heterocycles. The number of rotatable bonds is 3. The van der Waals surface area contributed by atoms with Crippen LogP contribution in [0.3, 0.4) is 0 Å². The fourth-order valence-corrected chi connectivity index (χ4v) is 5.29. The van der Waals surface area contributed by atoms with Crippen LogP contribution in [0.25, 0.3) is 11.4 Å². The van der Waals surface area contributed by atoms with Crippen molar-refractivity contribution in [1.82, 2.24) is 19.4 Å². The van der Waals surface area contributed by atoms with E-state index < -0.39 is 0 Å². The van der Waals surface area contributed by atoms with Crippen molar-refractivity contribution in [2.45, 2.75) is 23.8 Å². The number of nitrogens with one attached hydrogen (secondary N) is 1. The predicted molar refractivity (Wildman–Crippen MR) is 113 cm³/mol. The van der Waals surface area contributed by atoms with E-state index in [0.717, 1.165) is 22.6 Å². The fraction of sp³-hybridized carbons (Fsp3) is 0.318. The first-order chi connectivity index (χ1) is 14.2. The molecule has 1 N–H and O–H groups in total. The van der Waals surface area contributed by atoms with E-state index in [-0.39, 0.29) is 23.3 Å². The molecular weight excluding hydrogens is 384 g/mol. The van der Waals surface area contributed by atoms with E-state index in [2.05, 4.69) is 9.97 Å². The van der Waals surface area contributed by atoms with E-state index in [4.69, 9.17) is 0 Å². The van der Waals surface area contributed by atoms with Gasteiger partial charge in [-0.05, 0) is 42.9 Å². The minimum Gasteiger partial charge on any atom is -0.344 e. The van der Waals surface area contributed by atoms with E-state index in [1.807, 2.05) is 52.1 Å². The summed E-state index contributed by atoms with van der Waals surface area (Å²) in [6.45, 7) is 1.99. The van der Waals surface area contributed by atoms with Crippen molar-refractivity contribution in [2.75, 3.05) is 19.3 Å². The molecule has 2 bridgehead atoms. The molecule has 7 heteroatoms. The minimum atomic E-state index is -0.000319. The lowest BCUT2D eigenvalue weighted by atomic mass is 9.82. The van der Waals surface area contributed by atoms with Crippen molar-refractivity contribution in [3.8, 4) is 11.4 Å². The van der Waals surface area contributed by atoms with E-state index in [1.54, 1.807) is 24.2 Å². The average molecular weight is 407 g/mol. The molecule has 3 aromatic rings. The van der Waals surface area contributed by atoms with Gasteiger partial charge >= 0.3 is 0 Å².